The molecule has 1 aliphatic heterocycles. The first kappa shape index (κ1) is 21.9. The van der Waals surface area contributed by atoms with Crippen LogP contribution < -0.4 is 17.2 Å². The van der Waals surface area contributed by atoms with Gasteiger partial charge in [0.1, 0.15) is 48.3 Å². The van der Waals surface area contributed by atoms with E-state index in [1.807, 2.05) is 0 Å². The van der Waals surface area contributed by atoms with Gasteiger partial charge in [0.2, 0.25) is 0 Å². The van der Waals surface area contributed by atoms with Crippen LogP contribution in [0.2, 0.25) is 0 Å². The van der Waals surface area contributed by atoms with E-state index in [2.05, 4.69) is 9.97 Å². The predicted octanol–water partition coefficient (Wildman–Crippen LogP) is -1.43. The van der Waals surface area contributed by atoms with Crippen LogP contribution in [0.25, 0.3) is 11.0 Å². The van der Waals surface area contributed by atoms with Crippen LogP contribution in [-0.4, -0.2) is 67.6 Å². The average molecular weight is 422 g/mol. The van der Waals surface area contributed by atoms with E-state index in [0.29, 0.717) is 5.82 Å². The van der Waals surface area contributed by atoms with Crippen molar-refractivity contribution in [1.82, 2.24) is 14.5 Å². The van der Waals surface area contributed by atoms with E-state index in [1.165, 1.54) is 10.8 Å². The lowest BCUT2D eigenvalue weighted by Crippen LogP contribution is -2.40. The number of esters is 1. The Morgan fingerprint density at radius 1 is 1.30 bits per heavy atom. The molecule has 0 bridgehead atoms. The van der Waals surface area contributed by atoms with Crippen molar-refractivity contribution in [2.24, 2.45) is 17.4 Å². The summed E-state index contributed by atoms with van der Waals surface area (Å²) in [5.74, 6) is -1.16. The number of hydrogen-bond acceptors (Lipinski definition) is 10. The van der Waals surface area contributed by atoms with Crippen LogP contribution in [0, 0.1) is 12.8 Å². The number of nitrogen functional groups attached to an aromatic ring is 1. The number of primary amides is 1. The minimum absolute atomic E-state index is 0.0468. The molecule has 3 rings (SSSR count). The number of carbonyl (C=O) groups excluding carboxylic acids is 2. The highest BCUT2D eigenvalue weighted by molar-refractivity contribution is 6.08. The molecule has 0 aliphatic carbocycles. The second-order valence-corrected chi connectivity index (χ2v) is 7.62. The number of aromatic nitrogens is 3. The molecule has 0 spiro atoms. The molecule has 1 aliphatic rings. The maximum Gasteiger partial charge on any atom is 0.323 e. The summed E-state index contributed by atoms with van der Waals surface area (Å²) in [6.07, 6.45) is -3.59. The summed E-state index contributed by atoms with van der Waals surface area (Å²) < 4.78 is 12.2. The summed E-state index contributed by atoms with van der Waals surface area (Å²) in [4.78, 5) is 32.1. The minimum atomic E-state index is -1.40. The largest absolute Gasteiger partial charge is 0.462 e. The zero-order chi connectivity index (χ0) is 22.3. The molecule has 0 aromatic carbocycles. The van der Waals surface area contributed by atoms with Gasteiger partial charge in [0.15, 0.2) is 6.23 Å². The number of nitrogens with two attached hydrogens (primary N) is 3. The van der Waals surface area contributed by atoms with Crippen molar-refractivity contribution in [1.29, 1.82) is 0 Å². The number of rotatable bonds is 6. The van der Waals surface area contributed by atoms with Gasteiger partial charge in [-0.2, -0.15) is 0 Å². The highest BCUT2D eigenvalue weighted by Crippen LogP contribution is 2.35. The number of ether oxygens (including phenoxy) is 2. The number of aryl methyl sites for hydroxylation is 1. The zero-order valence-corrected chi connectivity index (χ0v) is 16.8. The molecule has 12 heteroatoms. The van der Waals surface area contributed by atoms with Gasteiger partial charge in [0.25, 0.3) is 5.91 Å². The smallest absolute Gasteiger partial charge is 0.323 e. The Labute approximate surface area is 172 Å². The van der Waals surface area contributed by atoms with Crippen LogP contribution in [0.5, 0.6) is 0 Å². The van der Waals surface area contributed by atoms with E-state index < -0.39 is 42.5 Å². The van der Waals surface area contributed by atoms with Crippen LogP contribution in [0.3, 0.4) is 0 Å². The lowest BCUT2D eigenvalue weighted by Gasteiger charge is -2.18. The molecule has 0 radical (unpaired) electrons. The Morgan fingerprint density at radius 3 is 2.57 bits per heavy atom. The minimum Gasteiger partial charge on any atom is -0.462 e. The molecule has 8 N–H and O–H groups in total. The van der Waals surface area contributed by atoms with Crippen molar-refractivity contribution >= 4 is 28.7 Å². The van der Waals surface area contributed by atoms with Gasteiger partial charge in [-0.1, -0.05) is 13.8 Å². The first-order chi connectivity index (χ1) is 14.0. The molecule has 4 unspecified atom stereocenters. The van der Waals surface area contributed by atoms with Crippen LogP contribution in [-0.2, 0) is 14.3 Å². The van der Waals surface area contributed by atoms with Crippen molar-refractivity contribution in [3.8, 4) is 0 Å². The molecule has 0 saturated carbocycles. The Balaban J connectivity index is 1.89. The van der Waals surface area contributed by atoms with E-state index in [-0.39, 0.29) is 34.9 Å². The zero-order valence-electron chi connectivity index (χ0n) is 16.8. The second-order valence-electron chi connectivity index (χ2n) is 7.62. The Bertz CT molecular complexity index is 976. The van der Waals surface area contributed by atoms with Crippen molar-refractivity contribution in [2.75, 3.05) is 12.3 Å². The van der Waals surface area contributed by atoms with Crippen molar-refractivity contribution in [2.45, 2.75) is 51.4 Å². The SMILES string of the molecule is Cc1nc(N)c2c(C(N)=O)cn(C3OC(COC(=O)[C@@H](N)C(C)C)C(O)C3O)c2n1. The predicted molar refractivity (Wildman–Crippen MR) is 105 cm³/mol. The lowest BCUT2D eigenvalue weighted by atomic mass is 10.1. The molecule has 2 aromatic heterocycles. The number of aliphatic hydroxyl groups excluding tert-OH is 2. The van der Waals surface area contributed by atoms with E-state index in [0.717, 1.165) is 0 Å². The summed E-state index contributed by atoms with van der Waals surface area (Å²) in [7, 11) is 0. The first-order valence-electron chi connectivity index (χ1n) is 9.41. The maximum absolute atomic E-state index is 12.0. The number of fused-ring (bicyclic) bond motifs is 1. The highest BCUT2D eigenvalue weighted by atomic mass is 16.6. The topological polar surface area (TPSA) is 202 Å². The maximum atomic E-state index is 12.0. The number of aliphatic hydroxyl groups is 2. The molecule has 3 heterocycles. The van der Waals surface area contributed by atoms with Crippen LogP contribution >= 0.6 is 0 Å². The fourth-order valence-corrected chi connectivity index (χ4v) is 3.30. The Kier molecular flexibility index (Phi) is 5.94. The van der Waals surface area contributed by atoms with Gasteiger partial charge in [-0.25, -0.2) is 9.97 Å². The molecule has 1 fully saturated rings. The fraction of sp³-hybridized carbons (Fsp3) is 0.556. The van der Waals surface area contributed by atoms with Crippen molar-refractivity contribution in [3.05, 3.63) is 17.6 Å². The summed E-state index contributed by atoms with van der Waals surface area (Å²) in [5, 5.41) is 21.1. The average Bonchev–Trinajstić information content (AvgIpc) is 3.18. The molecule has 1 amide bonds. The molecule has 164 valence electrons. The fourth-order valence-electron chi connectivity index (χ4n) is 3.30. The molecule has 5 atom stereocenters. The van der Waals surface area contributed by atoms with Crippen molar-refractivity contribution < 1.29 is 29.3 Å². The molecular weight excluding hydrogens is 396 g/mol. The van der Waals surface area contributed by atoms with Gasteiger partial charge in [0.05, 0.1) is 10.9 Å². The van der Waals surface area contributed by atoms with Crippen LogP contribution in [0.15, 0.2) is 6.20 Å². The summed E-state index contributed by atoms with van der Waals surface area (Å²) >= 11 is 0. The molecule has 12 nitrogen and oxygen atoms in total. The third kappa shape index (κ3) is 3.81. The van der Waals surface area contributed by atoms with E-state index in [1.54, 1.807) is 20.8 Å². The van der Waals surface area contributed by atoms with Gasteiger partial charge in [0, 0.05) is 6.20 Å². The number of hydrogen-bond donors (Lipinski definition) is 5. The first-order valence-corrected chi connectivity index (χ1v) is 9.41. The number of nitrogens with zero attached hydrogens (tertiary/aromatic N) is 3. The number of amides is 1. The van der Waals surface area contributed by atoms with Crippen LogP contribution in [0.1, 0.15) is 36.3 Å². The third-order valence-corrected chi connectivity index (χ3v) is 5.07. The summed E-state index contributed by atoms with van der Waals surface area (Å²) in [5.41, 5.74) is 17.4. The Hall–Kier alpha value is -2.80. The number of anilines is 1. The molecule has 2 aromatic rings. The quantitative estimate of drug-likeness (QED) is 0.343. The second kappa shape index (κ2) is 8.14. The van der Waals surface area contributed by atoms with E-state index in [4.69, 9.17) is 26.7 Å². The molecular formula is C18H26N6O6. The van der Waals surface area contributed by atoms with Crippen LogP contribution in [0.4, 0.5) is 5.82 Å². The normalized spacial score (nSPS) is 25.0. The van der Waals surface area contributed by atoms with Gasteiger partial charge in [-0.05, 0) is 12.8 Å². The molecule has 30 heavy (non-hydrogen) atoms. The monoisotopic (exact) mass is 422 g/mol. The van der Waals surface area contributed by atoms with E-state index >= 15 is 0 Å². The third-order valence-electron chi connectivity index (χ3n) is 5.07. The van der Waals surface area contributed by atoms with E-state index in [9.17, 15) is 19.8 Å². The number of carbonyl (C=O) groups is 2. The summed E-state index contributed by atoms with van der Waals surface area (Å²) in [6, 6.07) is -0.821. The lowest BCUT2D eigenvalue weighted by molar-refractivity contribution is -0.152. The standard InChI is InChI=1S/C18H26N6O6/c1-6(2)11(19)18(28)29-5-9-12(25)13(26)17(30-9)24-4-8(15(21)27)10-14(20)22-7(3)23-16(10)24/h4,6,9,11-13,17,25-26H,5,19H2,1-3H3,(H2,21,27)(H2,20,22,23)/t9?,11-,12?,13?,17?/m0/s1. The summed E-state index contributed by atoms with van der Waals surface area (Å²) in [6.45, 7) is 4.84. The highest BCUT2D eigenvalue weighted by Gasteiger charge is 2.45. The van der Waals surface area contributed by atoms with Gasteiger partial charge >= 0.3 is 5.97 Å². The Morgan fingerprint density at radius 2 is 1.97 bits per heavy atom. The van der Waals surface area contributed by atoms with Gasteiger partial charge in [-0.15, -0.1) is 0 Å². The van der Waals surface area contributed by atoms with Gasteiger partial charge < -0.3 is 41.5 Å². The van der Waals surface area contributed by atoms with Gasteiger partial charge in [-0.3, -0.25) is 9.59 Å². The molecule has 1 saturated heterocycles. The van der Waals surface area contributed by atoms with Crippen molar-refractivity contribution in [3.63, 3.8) is 0 Å².